The molecule has 0 atom stereocenters. The first kappa shape index (κ1) is 85.4. The second-order valence-corrected chi connectivity index (χ2v) is 31.5. The number of anilines is 8. The zero-order valence-electron chi connectivity index (χ0n) is 66.6. The van der Waals surface area contributed by atoms with E-state index in [1.54, 1.807) is 48.8 Å². The summed E-state index contributed by atoms with van der Waals surface area (Å²) in [4.78, 5) is 41.3. The first-order valence-corrected chi connectivity index (χ1v) is 43.1. The van der Waals surface area contributed by atoms with Crippen LogP contribution in [0.15, 0.2) is 255 Å². The number of aromatic nitrogens is 15. The third kappa shape index (κ3) is 23.0. The van der Waals surface area contributed by atoms with Crippen molar-refractivity contribution >= 4 is 193 Å². The van der Waals surface area contributed by atoms with Crippen LogP contribution in [0.5, 0.6) is 0 Å². The van der Waals surface area contributed by atoms with Crippen molar-refractivity contribution in [3.8, 4) is 45.6 Å². The van der Waals surface area contributed by atoms with Gasteiger partial charge in [0.2, 0.25) is 0 Å². The van der Waals surface area contributed by atoms with Gasteiger partial charge in [-0.15, -0.1) is 0 Å². The minimum absolute atomic E-state index is 0.528. The van der Waals surface area contributed by atoms with Gasteiger partial charge in [-0.3, -0.25) is 15.3 Å². The molecule has 18 aromatic rings. The van der Waals surface area contributed by atoms with Crippen LogP contribution in [0.25, 0.3) is 111 Å². The third-order valence-electron chi connectivity index (χ3n) is 19.9. The second-order valence-electron chi connectivity index (χ2n) is 28.6. The summed E-state index contributed by atoms with van der Waals surface area (Å²) >= 11 is 43.7. The third-order valence-corrected chi connectivity index (χ3v) is 21.8. The maximum absolute atomic E-state index is 6.41. The van der Waals surface area contributed by atoms with Crippen LogP contribution in [0.3, 0.4) is 0 Å². The molecule has 0 bridgehead atoms. The van der Waals surface area contributed by atoms with Gasteiger partial charge in [0, 0.05) is 128 Å². The Hall–Kier alpha value is -12.6. The molecule has 123 heavy (non-hydrogen) atoms. The molecular formula is C93H86Cl7N23. The number of nitrogens with zero attached hydrogens (tertiary/aromatic N) is 11. The molecule has 23 nitrogen and oxygen atoms in total. The number of fused-ring (bicyclic) bond motifs is 6. The summed E-state index contributed by atoms with van der Waals surface area (Å²) in [5.74, 6) is 9.44. The van der Waals surface area contributed by atoms with E-state index < -0.39 is 0 Å². The van der Waals surface area contributed by atoms with Crippen LogP contribution in [0.4, 0.5) is 46.5 Å². The highest BCUT2D eigenvalue weighted by Crippen LogP contribution is 2.37. The molecule has 0 saturated heterocycles. The van der Waals surface area contributed by atoms with Gasteiger partial charge in [0.1, 0.15) is 40.7 Å². The number of unbranched alkanes of at least 4 members (excludes halogenated alkanes) is 4. The van der Waals surface area contributed by atoms with E-state index in [2.05, 4.69) is 113 Å². The monoisotopic (exact) mass is 1770 g/mol. The van der Waals surface area contributed by atoms with Crippen LogP contribution in [-0.2, 0) is 0 Å². The smallest absolute Gasteiger partial charge is 0.163 e. The number of hydrogen-bond donors (Lipinski definition) is 12. The highest BCUT2D eigenvalue weighted by molar-refractivity contribution is 6.38. The highest BCUT2D eigenvalue weighted by Gasteiger charge is 2.18. The fraction of sp³-hybridized carbons (Fsp3) is 0.172. The van der Waals surface area contributed by atoms with E-state index in [4.69, 9.17) is 116 Å². The van der Waals surface area contributed by atoms with Crippen molar-refractivity contribution in [1.82, 2.24) is 75.4 Å². The second kappa shape index (κ2) is 42.8. The molecule has 12 N–H and O–H groups in total. The number of nitrogens with one attached hydrogen (secondary N) is 12. The van der Waals surface area contributed by atoms with Gasteiger partial charge in [0.25, 0.3) is 0 Å². The van der Waals surface area contributed by atoms with Gasteiger partial charge in [-0.2, -0.15) is 15.3 Å². The number of para-hydroxylation sites is 6. The van der Waals surface area contributed by atoms with Crippen LogP contribution < -0.4 is 42.5 Å². The van der Waals surface area contributed by atoms with E-state index in [1.165, 1.54) is 5.39 Å². The molecule has 30 heteroatoms. The van der Waals surface area contributed by atoms with Gasteiger partial charge in [-0.25, -0.2) is 39.9 Å². The number of rotatable bonds is 32. The van der Waals surface area contributed by atoms with E-state index in [1.807, 2.05) is 176 Å². The zero-order chi connectivity index (χ0) is 84.5. The molecule has 0 amide bonds. The lowest BCUT2D eigenvalue weighted by atomic mass is 10.1. The summed E-state index contributed by atoms with van der Waals surface area (Å²) in [7, 11) is 0. The number of hydrogen-bond acceptors (Lipinski definition) is 19. The van der Waals surface area contributed by atoms with Gasteiger partial charge >= 0.3 is 0 Å². The normalized spacial score (nSPS) is 11.1. The zero-order valence-corrected chi connectivity index (χ0v) is 71.9. The Morgan fingerprint density at radius 2 is 0.561 bits per heavy atom. The number of H-pyrrole nitrogens is 4. The topological polar surface area (TPSA) is 301 Å². The molecule has 8 aromatic heterocycles. The molecule has 0 fully saturated rings. The van der Waals surface area contributed by atoms with E-state index >= 15 is 0 Å². The van der Waals surface area contributed by atoms with E-state index in [0.29, 0.717) is 58.5 Å². The average Bonchev–Trinajstić information content (AvgIpc) is 1.35. The van der Waals surface area contributed by atoms with Crippen LogP contribution >= 0.6 is 81.2 Å². The summed E-state index contributed by atoms with van der Waals surface area (Å²) < 4.78 is 0. The molecule has 0 aliphatic rings. The molecule has 0 radical (unpaired) electrons. The largest absolute Gasteiger partial charge is 0.372 e. The lowest BCUT2D eigenvalue weighted by molar-refractivity contribution is 0.791. The molecule has 0 saturated carbocycles. The molecule has 0 spiro atoms. The average molecular weight is 1770 g/mol. The van der Waals surface area contributed by atoms with Crippen molar-refractivity contribution in [2.75, 3.05) is 94.9 Å². The van der Waals surface area contributed by atoms with Crippen LogP contribution in [-0.4, -0.2) is 128 Å². The first-order valence-electron chi connectivity index (χ1n) is 40.5. The fourth-order valence-electron chi connectivity index (χ4n) is 13.7. The Kier molecular flexibility index (Phi) is 29.7. The number of aromatic amines is 4. The molecule has 18 rings (SSSR count). The number of halogens is 7. The molecule has 8 heterocycles. The predicted octanol–water partition coefficient (Wildman–Crippen LogP) is 24.8. The minimum atomic E-state index is 0.528. The molecule has 10 aromatic carbocycles. The van der Waals surface area contributed by atoms with Crippen molar-refractivity contribution in [3.05, 3.63) is 290 Å². The Bertz CT molecular complexity index is 6490. The Morgan fingerprint density at radius 1 is 0.244 bits per heavy atom. The van der Waals surface area contributed by atoms with Crippen molar-refractivity contribution in [1.29, 1.82) is 0 Å². The SMILES string of the molecule is Clc1ccc(-c2nc(NCCCCNc3cc4ccccc4[nH]3)c3ccccc3n2)c(Cl)c1.Clc1ccc(-c2nc(NCCCCNc3ccn[nH]3)c3ccccc3n2)c(Cl)c1.Clc1ccc(-c2nc(NCCCCNc3n[nH]c4ccccc34)c3ccccc3n2)c(Cl)c1.Clc1ccccc1-c1nc(NCCCCNc2ccn[nH]2)c2ccccc2n1. The maximum Gasteiger partial charge on any atom is 0.163 e. The van der Waals surface area contributed by atoms with Crippen molar-refractivity contribution < 1.29 is 0 Å². The Morgan fingerprint density at radius 3 is 0.927 bits per heavy atom. The van der Waals surface area contributed by atoms with E-state index in [9.17, 15) is 0 Å². The summed E-state index contributed by atoms with van der Waals surface area (Å²) in [5, 5.41) is 58.7. The van der Waals surface area contributed by atoms with Crippen molar-refractivity contribution in [2.45, 2.75) is 51.4 Å². The minimum Gasteiger partial charge on any atom is -0.372 e. The summed E-state index contributed by atoms with van der Waals surface area (Å²) in [5.41, 5.74) is 8.79. The van der Waals surface area contributed by atoms with Crippen molar-refractivity contribution in [3.63, 3.8) is 0 Å². The van der Waals surface area contributed by atoms with Gasteiger partial charge in [0.15, 0.2) is 29.1 Å². The molecule has 0 aliphatic heterocycles. The Balaban J connectivity index is 0.000000127. The Labute approximate surface area is 745 Å². The standard InChI is InChI=1S/C26H23Cl2N5.C25H22Cl2N6.C21H20Cl2N6.C21H21ClN6/c27-18-11-12-19(21(28)16-18)26-32-23-10-4-2-8-20(23)25(33-26)30-14-6-5-13-29-24-15-17-7-1-3-9-22(17)31-24;26-16-11-12-17(20(27)15-16)25-30-21-9-3-1-7-18(21)23(31-25)28-13-5-6-14-29-24-19-8-2-4-10-22(19)32-33-24;22-14-7-8-15(17(23)13-14)21-27-18-6-2-1-5-16(18)20(28-21)25-11-4-3-10-24-19-9-12-26-29-19;22-17-9-3-1-7-15(17)21-26-18-10-4-2-8-16(18)20(27-21)24-13-6-5-12-23-19-11-14-25-28-19/h1-4,7-12,15-16,29,31H,5-6,13-14H2,(H,30,32,33);1-4,7-12,15H,5-6,13-14H2,(H,28,30,31)(H2,29,32,33);1-2,5-9,12-13H,3-4,10-11H2,(H2,24,26,29)(H,25,27,28);1-4,7-11,14H,5-6,12-13H2,(H2,23,25,28)(H,24,26,27). The van der Waals surface area contributed by atoms with Gasteiger partial charge < -0.3 is 47.5 Å². The van der Waals surface area contributed by atoms with E-state index in [-0.39, 0.29) is 0 Å². The molecular weight excluding hydrogens is 1690 g/mol. The summed E-state index contributed by atoms with van der Waals surface area (Å²) in [6.07, 6.45) is 11.5. The van der Waals surface area contributed by atoms with Crippen LogP contribution in [0, 0.1) is 0 Å². The van der Waals surface area contributed by atoms with Gasteiger partial charge in [-0.05, 0) is 203 Å². The van der Waals surface area contributed by atoms with E-state index in [0.717, 1.165) is 233 Å². The summed E-state index contributed by atoms with van der Waals surface area (Å²) in [6, 6.07) is 78.0. The molecule has 0 unspecified atom stereocenters. The van der Waals surface area contributed by atoms with Gasteiger partial charge in [0.05, 0.1) is 60.1 Å². The van der Waals surface area contributed by atoms with Gasteiger partial charge in [-0.1, -0.05) is 172 Å². The highest BCUT2D eigenvalue weighted by atomic mass is 35.5. The maximum atomic E-state index is 6.41. The number of benzene rings is 10. The van der Waals surface area contributed by atoms with Crippen LogP contribution in [0.1, 0.15) is 51.4 Å². The predicted molar refractivity (Wildman–Crippen MR) is 511 cm³/mol. The van der Waals surface area contributed by atoms with Crippen LogP contribution in [0.2, 0.25) is 35.2 Å². The molecule has 0 aliphatic carbocycles. The fourth-order valence-corrected chi connectivity index (χ4v) is 15.4. The lowest BCUT2D eigenvalue weighted by Crippen LogP contribution is -2.09. The summed E-state index contributed by atoms with van der Waals surface area (Å²) in [6.45, 7) is 6.73. The first-order chi connectivity index (χ1) is 60.4. The quantitative estimate of drug-likeness (QED) is 0.0174. The lowest BCUT2D eigenvalue weighted by Gasteiger charge is -2.12. The molecule has 622 valence electrons. The van der Waals surface area contributed by atoms with Crippen molar-refractivity contribution in [2.24, 2.45) is 0 Å².